The Bertz CT molecular complexity index is 599. The zero-order valence-corrected chi connectivity index (χ0v) is 11.0. The van der Waals surface area contributed by atoms with Crippen molar-refractivity contribution in [3.05, 3.63) is 52.3 Å². The van der Waals surface area contributed by atoms with Crippen molar-refractivity contribution >= 4 is 29.0 Å². The Labute approximate surface area is 114 Å². The monoisotopic (exact) mass is 281 g/mol. The van der Waals surface area contributed by atoms with Crippen molar-refractivity contribution < 1.29 is 9.53 Å². The van der Waals surface area contributed by atoms with Gasteiger partial charge in [-0.1, -0.05) is 23.2 Å². The van der Waals surface area contributed by atoms with Gasteiger partial charge in [-0.25, -0.2) is 0 Å². The van der Waals surface area contributed by atoms with Gasteiger partial charge in [-0.15, -0.1) is 0 Å². The predicted molar refractivity (Wildman–Crippen MR) is 70.8 cm³/mol. The Balaban J connectivity index is 2.27. The van der Waals surface area contributed by atoms with Crippen LogP contribution in [-0.2, 0) is 0 Å². The average molecular weight is 282 g/mol. The molecular weight excluding hydrogens is 273 g/mol. The van der Waals surface area contributed by atoms with E-state index in [4.69, 9.17) is 27.9 Å². The van der Waals surface area contributed by atoms with Crippen molar-refractivity contribution in [2.24, 2.45) is 0 Å². The number of ether oxygens (including phenoxy) is 1. The number of pyridine rings is 1. The minimum absolute atomic E-state index is 0.0483. The van der Waals surface area contributed by atoms with Crippen LogP contribution in [0.3, 0.4) is 0 Å². The molecule has 0 aliphatic carbocycles. The average Bonchev–Trinajstić information content (AvgIpc) is 2.31. The number of Topliss-reactive ketones (excluding diaryl/α,β-unsaturated/α-hetero) is 1. The molecule has 0 spiro atoms. The first kappa shape index (κ1) is 12.9. The number of nitrogens with zero attached hydrogens (tertiary/aromatic N) is 1. The van der Waals surface area contributed by atoms with E-state index in [1.54, 1.807) is 24.3 Å². The molecule has 0 saturated heterocycles. The number of hydrogen-bond donors (Lipinski definition) is 0. The number of hydrogen-bond acceptors (Lipinski definition) is 3. The maximum Gasteiger partial charge on any atom is 0.159 e. The van der Waals surface area contributed by atoms with Gasteiger partial charge in [-0.3, -0.25) is 9.78 Å². The highest BCUT2D eigenvalue weighted by molar-refractivity contribution is 6.32. The third kappa shape index (κ3) is 3.00. The fourth-order valence-corrected chi connectivity index (χ4v) is 1.76. The Morgan fingerprint density at radius 3 is 2.61 bits per heavy atom. The molecule has 0 aliphatic rings. The van der Waals surface area contributed by atoms with Gasteiger partial charge in [0.15, 0.2) is 5.78 Å². The van der Waals surface area contributed by atoms with Gasteiger partial charge in [0.1, 0.15) is 11.5 Å². The molecule has 1 aromatic heterocycles. The van der Waals surface area contributed by atoms with Crippen molar-refractivity contribution in [1.29, 1.82) is 0 Å². The molecule has 18 heavy (non-hydrogen) atoms. The van der Waals surface area contributed by atoms with Crippen LogP contribution in [-0.4, -0.2) is 10.8 Å². The number of benzene rings is 1. The second kappa shape index (κ2) is 5.38. The highest BCUT2D eigenvalue weighted by Gasteiger charge is 2.07. The van der Waals surface area contributed by atoms with E-state index in [9.17, 15) is 4.79 Å². The van der Waals surface area contributed by atoms with E-state index in [2.05, 4.69) is 4.98 Å². The summed E-state index contributed by atoms with van der Waals surface area (Å²) in [5, 5.41) is 0.839. The lowest BCUT2D eigenvalue weighted by Gasteiger charge is -2.08. The number of halogens is 2. The number of carbonyl (C=O) groups is 1. The maximum atomic E-state index is 11.2. The van der Waals surface area contributed by atoms with Gasteiger partial charge in [0.05, 0.1) is 16.2 Å². The van der Waals surface area contributed by atoms with Gasteiger partial charge in [0.25, 0.3) is 0 Å². The second-order valence-corrected chi connectivity index (χ2v) is 4.49. The molecule has 0 unspecified atom stereocenters. The van der Waals surface area contributed by atoms with Crippen LogP contribution >= 0.6 is 23.2 Å². The van der Waals surface area contributed by atoms with E-state index in [0.717, 1.165) is 0 Å². The van der Waals surface area contributed by atoms with E-state index < -0.39 is 0 Å². The molecule has 0 aliphatic heterocycles. The quantitative estimate of drug-likeness (QED) is 0.784. The Morgan fingerprint density at radius 1 is 1.22 bits per heavy atom. The van der Waals surface area contributed by atoms with Crippen LogP contribution in [0.5, 0.6) is 11.5 Å². The van der Waals surface area contributed by atoms with E-state index in [1.807, 2.05) is 0 Å². The first-order valence-electron chi connectivity index (χ1n) is 5.15. The van der Waals surface area contributed by atoms with Crippen molar-refractivity contribution in [3.63, 3.8) is 0 Å². The summed E-state index contributed by atoms with van der Waals surface area (Å²) in [6.45, 7) is 1.48. The first-order valence-corrected chi connectivity index (χ1v) is 5.91. The van der Waals surface area contributed by atoms with Crippen LogP contribution in [0.25, 0.3) is 0 Å². The molecule has 0 fully saturated rings. The molecule has 0 N–H and O–H groups in total. The minimum atomic E-state index is -0.0483. The van der Waals surface area contributed by atoms with Crippen LogP contribution in [0.4, 0.5) is 0 Å². The fourth-order valence-electron chi connectivity index (χ4n) is 1.38. The van der Waals surface area contributed by atoms with Crippen LogP contribution in [0.2, 0.25) is 10.0 Å². The molecule has 0 saturated carbocycles. The number of rotatable bonds is 3. The maximum absolute atomic E-state index is 11.2. The molecule has 3 nitrogen and oxygen atoms in total. The predicted octanol–water partition coefficient (Wildman–Crippen LogP) is 4.38. The van der Waals surface area contributed by atoms with Gasteiger partial charge >= 0.3 is 0 Å². The van der Waals surface area contributed by atoms with Gasteiger partial charge < -0.3 is 4.74 Å². The molecule has 92 valence electrons. The topological polar surface area (TPSA) is 39.2 Å². The molecule has 5 heteroatoms. The number of ketones is 1. The van der Waals surface area contributed by atoms with Gasteiger partial charge in [0.2, 0.25) is 0 Å². The molecular formula is C13H9Cl2NO2. The highest BCUT2D eigenvalue weighted by atomic mass is 35.5. The first-order chi connectivity index (χ1) is 8.56. The zero-order chi connectivity index (χ0) is 13.1. The Hall–Kier alpha value is -1.58. The lowest BCUT2D eigenvalue weighted by Crippen LogP contribution is -1.93. The van der Waals surface area contributed by atoms with Crippen molar-refractivity contribution in [2.75, 3.05) is 0 Å². The second-order valence-electron chi connectivity index (χ2n) is 3.64. The minimum Gasteiger partial charge on any atom is -0.454 e. The summed E-state index contributed by atoms with van der Waals surface area (Å²) >= 11 is 11.8. The molecule has 0 bridgehead atoms. The van der Waals surface area contributed by atoms with Crippen LogP contribution in [0.15, 0.2) is 36.7 Å². The van der Waals surface area contributed by atoms with E-state index in [1.165, 1.54) is 19.3 Å². The molecule has 1 aromatic carbocycles. The molecule has 0 radical (unpaired) electrons. The Morgan fingerprint density at radius 2 is 2.00 bits per heavy atom. The summed E-state index contributed by atoms with van der Waals surface area (Å²) < 4.78 is 5.53. The van der Waals surface area contributed by atoms with Crippen molar-refractivity contribution in [1.82, 2.24) is 4.98 Å². The lowest BCUT2D eigenvalue weighted by atomic mass is 10.1. The summed E-state index contributed by atoms with van der Waals surface area (Å²) in [7, 11) is 0. The van der Waals surface area contributed by atoms with E-state index >= 15 is 0 Å². The molecule has 0 amide bonds. The van der Waals surface area contributed by atoms with Crippen LogP contribution < -0.4 is 4.74 Å². The number of carbonyl (C=O) groups excluding carboxylic acids is 1. The summed E-state index contributed by atoms with van der Waals surface area (Å²) in [6, 6.07) is 6.49. The third-order valence-electron chi connectivity index (χ3n) is 2.25. The smallest absolute Gasteiger partial charge is 0.159 e. The van der Waals surface area contributed by atoms with Crippen LogP contribution in [0, 0.1) is 0 Å². The molecule has 0 atom stereocenters. The Kier molecular flexibility index (Phi) is 3.84. The zero-order valence-electron chi connectivity index (χ0n) is 9.48. The standard InChI is InChI=1S/C13H9Cl2NO2/c1-8(17)9-2-3-13(12(15)4-9)18-11-5-10(14)6-16-7-11/h2-7H,1H3. The summed E-state index contributed by atoms with van der Waals surface area (Å²) in [4.78, 5) is 15.1. The van der Waals surface area contributed by atoms with Crippen LogP contribution in [0.1, 0.15) is 17.3 Å². The number of aromatic nitrogens is 1. The molecule has 1 heterocycles. The van der Waals surface area contributed by atoms with Gasteiger partial charge in [-0.05, 0) is 25.1 Å². The van der Waals surface area contributed by atoms with Gasteiger partial charge in [-0.2, -0.15) is 0 Å². The fraction of sp³-hybridized carbons (Fsp3) is 0.0769. The summed E-state index contributed by atoms with van der Waals surface area (Å²) in [5.41, 5.74) is 0.538. The SMILES string of the molecule is CC(=O)c1ccc(Oc2cncc(Cl)c2)c(Cl)c1. The summed E-state index contributed by atoms with van der Waals surface area (Å²) in [5.74, 6) is 0.888. The van der Waals surface area contributed by atoms with Crippen molar-refractivity contribution in [2.45, 2.75) is 6.92 Å². The summed E-state index contributed by atoms with van der Waals surface area (Å²) in [6.07, 6.45) is 3.04. The van der Waals surface area contributed by atoms with E-state index in [0.29, 0.717) is 27.1 Å². The lowest BCUT2D eigenvalue weighted by molar-refractivity contribution is 0.101. The molecule has 2 aromatic rings. The highest BCUT2D eigenvalue weighted by Crippen LogP contribution is 2.30. The van der Waals surface area contributed by atoms with Gasteiger partial charge in [0, 0.05) is 17.8 Å². The molecule has 2 rings (SSSR count). The normalized spacial score (nSPS) is 10.2. The van der Waals surface area contributed by atoms with Crippen molar-refractivity contribution in [3.8, 4) is 11.5 Å². The van der Waals surface area contributed by atoms with E-state index in [-0.39, 0.29) is 5.78 Å². The third-order valence-corrected chi connectivity index (χ3v) is 2.75. The largest absolute Gasteiger partial charge is 0.454 e.